The average Bonchev–Trinajstić information content (AvgIpc) is 2.05. The van der Waals surface area contributed by atoms with E-state index in [0.717, 1.165) is 0 Å². The second-order valence-corrected chi connectivity index (χ2v) is 5.05. The first-order valence-corrected chi connectivity index (χ1v) is 5.40. The number of aromatic nitrogens is 2. The molecule has 0 aromatic carbocycles. The predicted molar refractivity (Wildman–Crippen MR) is 43.2 cm³/mol. The minimum absolute atomic E-state index is 0.274. The molecule has 2 rings (SSSR count). The van der Waals surface area contributed by atoms with Gasteiger partial charge in [-0.2, -0.15) is 0 Å². The van der Waals surface area contributed by atoms with Crippen LogP contribution in [0.2, 0.25) is 0 Å². The van der Waals surface area contributed by atoms with E-state index in [1.54, 1.807) is 18.5 Å². The van der Waals surface area contributed by atoms with Crippen molar-refractivity contribution in [3.8, 4) is 0 Å². The maximum atomic E-state index is 11.1. The van der Waals surface area contributed by atoms with Crippen LogP contribution < -0.4 is 0 Å². The van der Waals surface area contributed by atoms with Crippen LogP contribution in [0.3, 0.4) is 0 Å². The van der Waals surface area contributed by atoms with Crippen LogP contribution in [0.5, 0.6) is 0 Å². The third kappa shape index (κ3) is 1.10. The van der Waals surface area contributed by atoms with E-state index in [9.17, 15) is 8.42 Å². The molecule has 1 aliphatic heterocycles. The van der Waals surface area contributed by atoms with Crippen LogP contribution in [-0.4, -0.2) is 24.1 Å². The van der Waals surface area contributed by atoms with Crippen LogP contribution in [0.25, 0.3) is 0 Å². The number of nitrogens with zero attached hydrogens (tertiary/aromatic N) is 2. The van der Waals surface area contributed by atoms with Gasteiger partial charge in [0.25, 0.3) is 0 Å². The number of sulfone groups is 1. The topological polar surface area (TPSA) is 59.9 Å². The maximum Gasteiger partial charge on any atom is 0.160 e. The highest BCUT2D eigenvalue weighted by Crippen LogP contribution is 2.33. The van der Waals surface area contributed by atoms with Crippen molar-refractivity contribution >= 4 is 9.84 Å². The van der Waals surface area contributed by atoms with Crippen molar-refractivity contribution in [2.45, 2.75) is 11.7 Å². The van der Waals surface area contributed by atoms with Crippen LogP contribution in [0, 0.1) is 0 Å². The molecular weight excluding hydrogens is 176 g/mol. The molecule has 12 heavy (non-hydrogen) atoms. The lowest BCUT2D eigenvalue weighted by atomic mass is 10.3. The van der Waals surface area contributed by atoms with Crippen molar-refractivity contribution in [2.75, 3.05) is 5.75 Å². The van der Waals surface area contributed by atoms with Gasteiger partial charge in [-0.1, -0.05) is 0 Å². The molecule has 0 N–H and O–H groups in total. The molecule has 64 valence electrons. The van der Waals surface area contributed by atoms with Gasteiger partial charge >= 0.3 is 0 Å². The summed E-state index contributed by atoms with van der Waals surface area (Å²) in [7, 11) is -2.90. The largest absolute Gasteiger partial charge is 0.240 e. The first kappa shape index (κ1) is 7.67. The van der Waals surface area contributed by atoms with Gasteiger partial charge in [0, 0.05) is 12.4 Å². The summed E-state index contributed by atoms with van der Waals surface area (Å²) in [5.74, 6) is 0.708. The molecular formula is C7H8N2O2S. The first-order chi connectivity index (χ1) is 5.70. The Labute approximate surface area is 70.6 Å². The summed E-state index contributed by atoms with van der Waals surface area (Å²) in [6.45, 7) is 0. The standard InChI is InChI=1S/C7H8N2O2S/c10-12(11)5-2-6(12)7-8-3-1-4-9-7/h1,3-4,6H,2,5H2. The Morgan fingerprint density at radius 3 is 2.42 bits per heavy atom. The molecule has 0 radical (unpaired) electrons. The maximum absolute atomic E-state index is 11.1. The minimum Gasteiger partial charge on any atom is -0.240 e. The second kappa shape index (κ2) is 2.52. The molecule has 4 nitrogen and oxygen atoms in total. The van der Waals surface area contributed by atoms with Crippen LogP contribution in [0.1, 0.15) is 17.5 Å². The van der Waals surface area contributed by atoms with E-state index in [0.29, 0.717) is 12.2 Å². The number of hydrogen-bond donors (Lipinski definition) is 0. The molecule has 2 heterocycles. The van der Waals surface area contributed by atoms with Crippen molar-refractivity contribution in [2.24, 2.45) is 0 Å². The third-order valence-electron chi connectivity index (χ3n) is 1.97. The Balaban J connectivity index is 2.34. The van der Waals surface area contributed by atoms with Gasteiger partial charge in [-0.3, -0.25) is 0 Å². The van der Waals surface area contributed by atoms with E-state index in [1.165, 1.54) is 0 Å². The predicted octanol–water partition coefficient (Wildman–Crippen LogP) is 0.336. The van der Waals surface area contributed by atoms with E-state index in [2.05, 4.69) is 9.97 Å². The molecule has 0 aliphatic carbocycles. The van der Waals surface area contributed by atoms with E-state index >= 15 is 0 Å². The van der Waals surface area contributed by atoms with Gasteiger partial charge in [-0.05, 0) is 12.5 Å². The summed E-state index contributed by atoms with van der Waals surface area (Å²) in [6, 6.07) is 1.68. The summed E-state index contributed by atoms with van der Waals surface area (Å²) < 4.78 is 22.3. The molecule has 1 atom stereocenters. The summed E-state index contributed by atoms with van der Waals surface area (Å²) in [4.78, 5) is 7.81. The highest BCUT2D eigenvalue weighted by molar-refractivity contribution is 7.92. The van der Waals surface area contributed by atoms with Crippen LogP contribution in [0.15, 0.2) is 18.5 Å². The fourth-order valence-electron chi connectivity index (χ4n) is 1.19. The highest BCUT2D eigenvalue weighted by atomic mass is 32.2. The SMILES string of the molecule is O=S1(=O)CCC1c1ncccn1. The lowest BCUT2D eigenvalue weighted by Crippen LogP contribution is -2.30. The van der Waals surface area contributed by atoms with Crippen LogP contribution in [0.4, 0.5) is 0 Å². The van der Waals surface area contributed by atoms with Crippen molar-refractivity contribution < 1.29 is 8.42 Å². The summed E-state index contributed by atoms with van der Waals surface area (Å²) in [5.41, 5.74) is 0. The summed E-state index contributed by atoms with van der Waals surface area (Å²) in [5, 5.41) is -0.446. The lowest BCUT2D eigenvalue weighted by molar-refractivity contribution is 0.546. The summed E-state index contributed by atoms with van der Waals surface area (Å²) >= 11 is 0. The molecule has 1 aromatic rings. The average molecular weight is 184 g/mol. The monoisotopic (exact) mass is 184 g/mol. The van der Waals surface area contributed by atoms with E-state index in [-0.39, 0.29) is 5.75 Å². The molecule has 1 saturated heterocycles. The zero-order valence-corrected chi connectivity index (χ0v) is 7.16. The lowest BCUT2D eigenvalue weighted by Gasteiger charge is -2.23. The highest BCUT2D eigenvalue weighted by Gasteiger charge is 2.38. The smallest absolute Gasteiger partial charge is 0.160 e. The van der Waals surface area contributed by atoms with Crippen LogP contribution in [-0.2, 0) is 9.84 Å². The van der Waals surface area contributed by atoms with Gasteiger partial charge in [0.1, 0.15) is 11.1 Å². The minimum atomic E-state index is -2.90. The van der Waals surface area contributed by atoms with Crippen LogP contribution >= 0.6 is 0 Å². The van der Waals surface area contributed by atoms with Crippen molar-refractivity contribution in [3.63, 3.8) is 0 Å². The normalized spacial score (nSPS) is 26.2. The number of rotatable bonds is 1. The van der Waals surface area contributed by atoms with Gasteiger partial charge in [0.05, 0.1) is 5.75 Å². The van der Waals surface area contributed by atoms with Crippen molar-refractivity contribution in [3.05, 3.63) is 24.3 Å². The van der Waals surface area contributed by atoms with Crippen molar-refractivity contribution in [1.29, 1.82) is 0 Å². The zero-order chi connectivity index (χ0) is 8.60. The molecule has 1 unspecified atom stereocenters. The Morgan fingerprint density at radius 2 is 2.00 bits per heavy atom. The first-order valence-electron chi connectivity index (χ1n) is 3.68. The van der Waals surface area contributed by atoms with Gasteiger partial charge < -0.3 is 0 Å². The molecule has 0 spiro atoms. The third-order valence-corrected chi connectivity index (χ3v) is 4.09. The van der Waals surface area contributed by atoms with Crippen molar-refractivity contribution in [1.82, 2.24) is 9.97 Å². The van der Waals surface area contributed by atoms with Gasteiger partial charge in [-0.15, -0.1) is 0 Å². The van der Waals surface area contributed by atoms with E-state index in [1.807, 2.05) is 0 Å². The quantitative estimate of drug-likeness (QED) is 0.631. The molecule has 0 saturated carbocycles. The Kier molecular flexibility index (Phi) is 1.61. The molecule has 1 fully saturated rings. The Hall–Kier alpha value is -0.970. The van der Waals surface area contributed by atoms with Gasteiger partial charge in [0.2, 0.25) is 0 Å². The molecule has 1 aromatic heterocycles. The molecule has 1 aliphatic rings. The second-order valence-electron chi connectivity index (χ2n) is 2.75. The molecule has 0 bridgehead atoms. The Morgan fingerprint density at radius 1 is 1.33 bits per heavy atom. The fourth-order valence-corrected chi connectivity index (χ4v) is 2.49. The number of hydrogen-bond acceptors (Lipinski definition) is 4. The zero-order valence-electron chi connectivity index (χ0n) is 6.34. The van der Waals surface area contributed by atoms with Gasteiger partial charge in [-0.25, -0.2) is 18.4 Å². The van der Waals surface area contributed by atoms with Gasteiger partial charge in [0.15, 0.2) is 9.84 Å². The summed E-state index contributed by atoms with van der Waals surface area (Å²) in [6.07, 6.45) is 3.79. The van der Waals surface area contributed by atoms with E-state index < -0.39 is 15.1 Å². The Bertz CT molecular complexity index is 374. The fraction of sp³-hybridized carbons (Fsp3) is 0.429. The van der Waals surface area contributed by atoms with E-state index in [4.69, 9.17) is 0 Å². The molecule has 0 amide bonds. The molecule has 5 heteroatoms.